The van der Waals surface area contributed by atoms with Crippen LogP contribution >= 0.6 is 0 Å². The lowest BCUT2D eigenvalue weighted by Gasteiger charge is -2.28. The fourth-order valence-corrected chi connectivity index (χ4v) is 2.52. The summed E-state index contributed by atoms with van der Waals surface area (Å²) in [4.78, 5) is 0. The molecule has 19 heavy (non-hydrogen) atoms. The lowest BCUT2D eigenvalue weighted by molar-refractivity contribution is 0.175. The topological polar surface area (TPSA) is 32.3 Å². The molecule has 1 aromatic carbocycles. The smallest absolute Gasteiger partial charge is 0.194 e. The largest absolute Gasteiger partial charge is 0.396 e. The van der Waals surface area contributed by atoms with Gasteiger partial charge in [-0.3, -0.25) is 0 Å². The summed E-state index contributed by atoms with van der Waals surface area (Å²) < 4.78 is 38.9. The van der Waals surface area contributed by atoms with Crippen molar-refractivity contribution < 1.29 is 18.3 Å². The quantitative estimate of drug-likeness (QED) is 0.827. The molecule has 0 heterocycles. The first-order chi connectivity index (χ1) is 9.10. The fraction of sp³-hybridized carbons (Fsp3) is 0.571. The van der Waals surface area contributed by atoms with Gasteiger partial charge in [0.25, 0.3) is 0 Å². The maximum Gasteiger partial charge on any atom is 0.194 e. The van der Waals surface area contributed by atoms with Crippen molar-refractivity contribution in [1.29, 1.82) is 0 Å². The van der Waals surface area contributed by atoms with Crippen LogP contribution in [0.2, 0.25) is 0 Å². The summed E-state index contributed by atoms with van der Waals surface area (Å²) in [5, 5.41) is 12.3. The molecular formula is C14H18F3NO. The Labute approximate surface area is 110 Å². The van der Waals surface area contributed by atoms with Gasteiger partial charge in [0.2, 0.25) is 0 Å². The summed E-state index contributed by atoms with van der Waals surface area (Å²) in [6, 6.07) is 2.33. The Kier molecular flexibility index (Phi) is 4.82. The summed E-state index contributed by atoms with van der Waals surface area (Å²) in [6.07, 6.45) is 3.80. The van der Waals surface area contributed by atoms with Crippen LogP contribution in [-0.4, -0.2) is 17.8 Å². The molecular weight excluding hydrogens is 255 g/mol. The van der Waals surface area contributed by atoms with Crippen molar-refractivity contribution in [2.24, 2.45) is 5.92 Å². The number of rotatable bonds is 4. The zero-order valence-corrected chi connectivity index (χ0v) is 10.6. The molecule has 1 fully saturated rings. The van der Waals surface area contributed by atoms with Crippen molar-refractivity contribution in [2.45, 2.75) is 38.3 Å². The van der Waals surface area contributed by atoms with Crippen LogP contribution in [0.25, 0.3) is 0 Å². The van der Waals surface area contributed by atoms with E-state index in [9.17, 15) is 13.2 Å². The van der Waals surface area contributed by atoms with Gasteiger partial charge in [-0.15, -0.1) is 0 Å². The van der Waals surface area contributed by atoms with Gasteiger partial charge in [-0.05, 0) is 49.3 Å². The highest BCUT2D eigenvalue weighted by atomic mass is 19.2. The molecule has 2 rings (SSSR count). The molecule has 2 N–H and O–H groups in total. The highest BCUT2D eigenvalue weighted by Gasteiger charge is 2.20. The lowest BCUT2D eigenvalue weighted by Crippen LogP contribution is -2.33. The van der Waals surface area contributed by atoms with Gasteiger partial charge in [0.05, 0.1) is 0 Å². The molecule has 2 nitrogen and oxygen atoms in total. The van der Waals surface area contributed by atoms with Crippen LogP contribution in [0.1, 0.15) is 31.2 Å². The molecule has 1 saturated carbocycles. The maximum atomic E-state index is 13.0. The lowest BCUT2D eigenvalue weighted by atomic mass is 9.86. The average molecular weight is 273 g/mol. The Morgan fingerprint density at radius 1 is 1.05 bits per heavy atom. The molecule has 1 aromatic rings. The molecule has 0 aromatic heterocycles. The van der Waals surface area contributed by atoms with Crippen LogP contribution in [-0.2, 0) is 6.54 Å². The van der Waals surface area contributed by atoms with Crippen molar-refractivity contribution in [1.82, 2.24) is 5.32 Å². The fourth-order valence-electron chi connectivity index (χ4n) is 2.52. The molecule has 106 valence electrons. The third-order valence-electron chi connectivity index (χ3n) is 3.74. The molecule has 0 radical (unpaired) electrons. The van der Waals surface area contributed by atoms with Gasteiger partial charge >= 0.3 is 0 Å². The average Bonchev–Trinajstić information content (AvgIpc) is 2.43. The maximum absolute atomic E-state index is 13.0. The number of aliphatic hydroxyl groups is 1. The molecule has 1 aliphatic rings. The van der Waals surface area contributed by atoms with Crippen molar-refractivity contribution in [3.05, 3.63) is 35.1 Å². The van der Waals surface area contributed by atoms with E-state index in [1.165, 1.54) is 0 Å². The Bertz CT molecular complexity index is 408. The molecule has 0 saturated heterocycles. The Morgan fingerprint density at radius 3 is 2.16 bits per heavy atom. The zero-order chi connectivity index (χ0) is 13.8. The van der Waals surface area contributed by atoms with Crippen LogP contribution in [0, 0.1) is 23.4 Å². The van der Waals surface area contributed by atoms with Crippen LogP contribution in [0.15, 0.2) is 12.1 Å². The van der Waals surface area contributed by atoms with Crippen molar-refractivity contribution >= 4 is 0 Å². The predicted octanol–water partition coefficient (Wildman–Crippen LogP) is 2.74. The normalized spacial score (nSPS) is 23.6. The van der Waals surface area contributed by atoms with E-state index in [4.69, 9.17) is 5.11 Å². The second-order valence-corrected chi connectivity index (χ2v) is 5.15. The van der Waals surface area contributed by atoms with Gasteiger partial charge in [0.15, 0.2) is 17.5 Å². The highest BCUT2D eigenvalue weighted by Crippen LogP contribution is 2.24. The van der Waals surface area contributed by atoms with E-state index < -0.39 is 17.5 Å². The van der Waals surface area contributed by atoms with Gasteiger partial charge < -0.3 is 10.4 Å². The molecule has 1 aliphatic carbocycles. The SMILES string of the molecule is OCC1CCC(NCc2cc(F)c(F)c(F)c2)CC1. The first kappa shape index (κ1) is 14.3. The Balaban J connectivity index is 1.86. The third kappa shape index (κ3) is 3.70. The number of hydrogen-bond donors (Lipinski definition) is 2. The molecule has 0 bridgehead atoms. The molecule has 0 aliphatic heterocycles. The van der Waals surface area contributed by atoms with E-state index in [0.717, 1.165) is 37.8 Å². The summed E-state index contributed by atoms with van der Waals surface area (Å²) in [5.74, 6) is -3.35. The van der Waals surface area contributed by atoms with Crippen molar-refractivity contribution in [3.8, 4) is 0 Å². The minimum atomic E-state index is -1.42. The number of nitrogens with one attached hydrogen (secondary N) is 1. The summed E-state index contributed by atoms with van der Waals surface area (Å²) in [7, 11) is 0. The third-order valence-corrected chi connectivity index (χ3v) is 3.74. The number of halogens is 3. The van der Waals surface area contributed by atoms with Gasteiger partial charge in [0, 0.05) is 19.2 Å². The van der Waals surface area contributed by atoms with Crippen LogP contribution in [0.5, 0.6) is 0 Å². The molecule has 0 unspecified atom stereocenters. The van der Waals surface area contributed by atoms with E-state index in [1.54, 1.807) is 0 Å². The van der Waals surface area contributed by atoms with Crippen LogP contribution in [0.3, 0.4) is 0 Å². The monoisotopic (exact) mass is 273 g/mol. The molecule has 0 atom stereocenters. The van der Waals surface area contributed by atoms with Crippen LogP contribution in [0.4, 0.5) is 13.2 Å². The van der Waals surface area contributed by atoms with Crippen molar-refractivity contribution in [2.75, 3.05) is 6.61 Å². The first-order valence-corrected chi connectivity index (χ1v) is 6.57. The summed E-state index contributed by atoms with van der Waals surface area (Å²) in [5.41, 5.74) is 0.403. The Morgan fingerprint density at radius 2 is 1.63 bits per heavy atom. The standard InChI is InChI=1S/C14H18F3NO/c15-12-5-10(6-13(16)14(12)17)7-18-11-3-1-9(8-19)2-4-11/h5-6,9,11,18-19H,1-4,7-8H2. The molecule has 0 amide bonds. The summed E-state index contributed by atoms with van der Waals surface area (Å²) in [6.45, 7) is 0.545. The minimum absolute atomic E-state index is 0.223. The predicted molar refractivity (Wildman–Crippen MR) is 66.0 cm³/mol. The van der Waals surface area contributed by atoms with E-state index in [-0.39, 0.29) is 6.61 Å². The van der Waals surface area contributed by atoms with E-state index in [0.29, 0.717) is 24.1 Å². The van der Waals surface area contributed by atoms with Crippen molar-refractivity contribution in [3.63, 3.8) is 0 Å². The number of aliphatic hydroxyl groups excluding tert-OH is 1. The van der Waals surface area contributed by atoms with Gasteiger partial charge in [-0.2, -0.15) is 0 Å². The second kappa shape index (κ2) is 6.39. The Hall–Kier alpha value is -1.07. The molecule has 0 spiro atoms. The van der Waals surface area contributed by atoms with Gasteiger partial charge in [0.1, 0.15) is 0 Å². The minimum Gasteiger partial charge on any atom is -0.396 e. The number of benzene rings is 1. The van der Waals surface area contributed by atoms with E-state index in [2.05, 4.69) is 5.32 Å². The number of hydrogen-bond acceptors (Lipinski definition) is 2. The van der Waals surface area contributed by atoms with Crippen LogP contribution < -0.4 is 5.32 Å². The highest BCUT2D eigenvalue weighted by molar-refractivity contribution is 5.19. The summed E-state index contributed by atoms with van der Waals surface area (Å²) >= 11 is 0. The van der Waals surface area contributed by atoms with Gasteiger partial charge in [-0.1, -0.05) is 0 Å². The molecule has 5 heteroatoms. The zero-order valence-electron chi connectivity index (χ0n) is 10.6. The second-order valence-electron chi connectivity index (χ2n) is 5.15. The van der Waals surface area contributed by atoms with E-state index in [1.807, 2.05) is 0 Å². The van der Waals surface area contributed by atoms with E-state index >= 15 is 0 Å². The first-order valence-electron chi connectivity index (χ1n) is 6.57. The van der Waals surface area contributed by atoms with Gasteiger partial charge in [-0.25, -0.2) is 13.2 Å².